The first-order valence-corrected chi connectivity index (χ1v) is 35.3. The Labute approximate surface area is 531 Å². The Balaban J connectivity index is 2.58. The van der Waals surface area contributed by atoms with E-state index >= 15 is 0 Å². The van der Waals surface area contributed by atoms with Crippen molar-refractivity contribution in [3.63, 3.8) is 0 Å². The lowest BCUT2D eigenvalue weighted by Gasteiger charge is -2.41. The van der Waals surface area contributed by atoms with Crippen LogP contribution in [0.15, 0.2) is 122 Å². The highest BCUT2D eigenvalue weighted by molar-refractivity contribution is 5.80. The van der Waals surface area contributed by atoms with Crippen LogP contribution in [0.4, 0.5) is 0 Å². The quantitative estimate of drug-likeness (QED) is 0.0195. The largest absolute Gasteiger partial charge is 0.454 e. The van der Waals surface area contributed by atoms with Crippen molar-refractivity contribution in [2.75, 3.05) is 13.2 Å². The van der Waals surface area contributed by atoms with E-state index in [1.807, 2.05) is 6.08 Å². The molecule has 0 spiro atoms. The molecule has 0 aliphatic carbocycles. The summed E-state index contributed by atoms with van der Waals surface area (Å²) in [5.74, 6) is -1.22. The Morgan fingerprint density at radius 1 is 0.460 bits per heavy atom. The van der Waals surface area contributed by atoms with Crippen molar-refractivity contribution in [2.45, 2.75) is 333 Å². The normalized spacial score (nSPS) is 19.0. The van der Waals surface area contributed by atoms with Gasteiger partial charge in [0.1, 0.15) is 24.4 Å². The molecule has 1 aliphatic heterocycles. The van der Waals surface area contributed by atoms with Gasteiger partial charge in [-0.15, -0.1) is 0 Å². The van der Waals surface area contributed by atoms with Gasteiger partial charge in [0.2, 0.25) is 5.91 Å². The van der Waals surface area contributed by atoms with E-state index < -0.39 is 67.4 Å². The summed E-state index contributed by atoms with van der Waals surface area (Å²) < 4.78 is 17.7. The zero-order valence-electron chi connectivity index (χ0n) is 55.3. The van der Waals surface area contributed by atoms with Crippen LogP contribution < -0.4 is 5.32 Å². The van der Waals surface area contributed by atoms with Crippen LogP contribution in [-0.4, -0.2) is 99.6 Å². The van der Waals surface area contributed by atoms with Crippen molar-refractivity contribution in [1.82, 2.24) is 5.32 Å². The summed E-state index contributed by atoms with van der Waals surface area (Å²) >= 11 is 0. The third kappa shape index (κ3) is 49.5. The van der Waals surface area contributed by atoms with Gasteiger partial charge in [-0.1, -0.05) is 284 Å². The van der Waals surface area contributed by atoms with Crippen LogP contribution in [0, 0.1) is 0 Å². The summed E-state index contributed by atoms with van der Waals surface area (Å²) in [6, 6.07) is -1.04. The molecule has 0 aromatic heterocycles. The number of amides is 1. The Hall–Kier alpha value is -3.94. The Morgan fingerprint density at radius 2 is 0.828 bits per heavy atom. The number of carbonyl (C=O) groups excluding carboxylic acids is 2. The van der Waals surface area contributed by atoms with Gasteiger partial charge in [0.05, 0.1) is 25.4 Å². The molecule has 11 heteroatoms. The maximum atomic E-state index is 13.5. The molecule has 87 heavy (non-hydrogen) atoms. The van der Waals surface area contributed by atoms with Crippen LogP contribution in [0.1, 0.15) is 284 Å². The number of nitrogens with one attached hydrogen (secondary N) is 1. The lowest BCUT2D eigenvalue weighted by atomic mass is 9.99. The van der Waals surface area contributed by atoms with Crippen molar-refractivity contribution in [3.05, 3.63) is 122 Å². The number of hydrogen-bond acceptors (Lipinski definition) is 10. The van der Waals surface area contributed by atoms with E-state index in [4.69, 9.17) is 14.2 Å². The van der Waals surface area contributed by atoms with Crippen molar-refractivity contribution in [3.8, 4) is 0 Å². The minimum Gasteiger partial charge on any atom is -0.454 e. The van der Waals surface area contributed by atoms with E-state index in [1.165, 1.54) is 89.9 Å². The number of unbranched alkanes of at least 4 members (excludes halogenated alkanes) is 27. The summed E-state index contributed by atoms with van der Waals surface area (Å²) in [7, 11) is 0. The lowest BCUT2D eigenvalue weighted by Crippen LogP contribution is -2.61. The minimum atomic E-state index is -1.63. The number of aliphatic hydroxyl groups is 5. The molecule has 1 fully saturated rings. The Morgan fingerprint density at radius 3 is 1.26 bits per heavy atom. The molecule has 1 heterocycles. The van der Waals surface area contributed by atoms with Crippen molar-refractivity contribution >= 4 is 11.9 Å². The zero-order valence-corrected chi connectivity index (χ0v) is 55.3. The molecular weight excluding hydrogens is 1090 g/mol. The fourth-order valence-electron chi connectivity index (χ4n) is 10.3. The maximum Gasteiger partial charge on any atom is 0.306 e. The summed E-state index contributed by atoms with van der Waals surface area (Å²) in [6.45, 7) is 5.64. The molecule has 11 nitrogen and oxygen atoms in total. The fraction of sp³-hybridized carbons (Fsp3) is 0.711. The molecule has 498 valence electrons. The molecule has 1 aliphatic rings. The molecule has 8 atom stereocenters. The van der Waals surface area contributed by atoms with Gasteiger partial charge in [0, 0.05) is 6.42 Å². The van der Waals surface area contributed by atoms with E-state index in [9.17, 15) is 35.1 Å². The van der Waals surface area contributed by atoms with Crippen LogP contribution >= 0.6 is 0 Å². The highest BCUT2D eigenvalue weighted by Crippen LogP contribution is 2.26. The minimum absolute atomic E-state index is 0.108. The molecule has 1 rings (SSSR count). The molecular formula is C76H129NO10. The van der Waals surface area contributed by atoms with Crippen LogP contribution in [0.25, 0.3) is 0 Å². The van der Waals surface area contributed by atoms with Crippen LogP contribution in [-0.2, 0) is 23.8 Å². The summed E-state index contributed by atoms with van der Waals surface area (Å²) in [4.78, 5) is 26.7. The molecule has 1 amide bonds. The summed E-state index contributed by atoms with van der Waals surface area (Å²) in [5, 5.41) is 57.2. The molecule has 8 unspecified atom stereocenters. The highest BCUT2D eigenvalue weighted by atomic mass is 16.7. The fourth-order valence-corrected chi connectivity index (χ4v) is 10.3. The van der Waals surface area contributed by atoms with Gasteiger partial charge in [-0.3, -0.25) is 9.59 Å². The monoisotopic (exact) mass is 1220 g/mol. The average Bonchev–Trinajstić information content (AvgIpc) is 3.12. The number of esters is 1. The van der Waals surface area contributed by atoms with Gasteiger partial charge in [-0.2, -0.15) is 0 Å². The Kier molecular flexibility index (Phi) is 58.0. The topological polar surface area (TPSA) is 175 Å². The molecule has 1 saturated heterocycles. The third-order valence-corrected chi connectivity index (χ3v) is 15.8. The second kappa shape index (κ2) is 62.3. The van der Waals surface area contributed by atoms with E-state index in [1.54, 1.807) is 6.08 Å². The molecule has 0 bridgehead atoms. The Bertz CT molecular complexity index is 1880. The zero-order chi connectivity index (χ0) is 63.1. The average molecular weight is 1220 g/mol. The third-order valence-electron chi connectivity index (χ3n) is 15.8. The first-order chi connectivity index (χ1) is 42.7. The number of rotatable bonds is 59. The van der Waals surface area contributed by atoms with Gasteiger partial charge >= 0.3 is 5.97 Å². The highest BCUT2D eigenvalue weighted by Gasteiger charge is 2.47. The van der Waals surface area contributed by atoms with Gasteiger partial charge in [-0.25, -0.2) is 0 Å². The number of allylic oxidation sites excluding steroid dienone is 19. The van der Waals surface area contributed by atoms with Crippen LogP contribution in [0.2, 0.25) is 0 Å². The standard InChI is InChI=1S/C76H129NO10/c1-4-7-10-13-16-19-22-24-26-28-30-32-34-35-36-38-40-42-44-46-49-52-55-58-61-64-71(81)87-74-73(83)72(82)70(65-78)86-76(74)85-66-67(68(79)62-59-56-53-50-47-21-18-15-12-9-6-3)77-75(84)69(80)63-60-57-54-51-48-45-43-41-39-37-33-31-29-27-25-23-20-17-14-11-8-5-2/h7,10,16-17,19-20,24-27,30-33,35-36,39,41,59,62,67-70,72-74,76,78-80,82-83H,4-6,8-9,11-15,18,21-23,28-29,34,37-38,40,42-58,60-61,63-66H2,1-3H3,(H,77,84)/b10-7-,19-16-,20-17-,26-24-,27-25-,32-30-,33-31-,36-35-,41-39-,62-59+. The predicted octanol–water partition coefficient (Wildman–Crippen LogP) is 18.2. The van der Waals surface area contributed by atoms with Crippen molar-refractivity contribution in [1.29, 1.82) is 0 Å². The number of ether oxygens (including phenoxy) is 3. The predicted molar refractivity (Wildman–Crippen MR) is 365 cm³/mol. The second-order valence-electron chi connectivity index (χ2n) is 23.9. The maximum absolute atomic E-state index is 13.5. The number of hydrogen-bond donors (Lipinski definition) is 6. The van der Waals surface area contributed by atoms with Crippen LogP contribution in [0.5, 0.6) is 0 Å². The number of carbonyl (C=O) groups is 2. The SMILES string of the molecule is CC/C=C\C/C=C\C/C=C\C/C=C\C/C=C\CCCCCCCCCCCC(=O)OC1C(OCC(NC(=O)C(O)CCCCCCCC/C=C\C/C=C\C/C=C\C/C=C\CCCCC)C(O)/C=C/CCCCCCCCCCC)OC(CO)C(O)C1O. The second-order valence-corrected chi connectivity index (χ2v) is 23.9. The first kappa shape index (κ1) is 81.1. The van der Waals surface area contributed by atoms with E-state index in [0.717, 1.165) is 148 Å². The lowest BCUT2D eigenvalue weighted by molar-refractivity contribution is -0.305. The smallest absolute Gasteiger partial charge is 0.306 e. The van der Waals surface area contributed by atoms with E-state index in [2.05, 4.69) is 135 Å². The summed E-state index contributed by atoms with van der Waals surface area (Å²) in [6.07, 6.45) is 76.6. The van der Waals surface area contributed by atoms with Gasteiger partial charge in [0.25, 0.3) is 0 Å². The number of aliphatic hydroxyl groups excluding tert-OH is 5. The van der Waals surface area contributed by atoms with E-state index in [-0.39, 0.29) is 19.4 Å². The molecule has 0 aromatic rings. The van der Waals surface area contributed by atoms with Gasteiger partial charge in [-0.05, 0) is 116 Å². The summed E-state index contributed by atoms with van der Waals surface area (Å²) in [5.41, 5.74) is 0. The van der Waals surface area contributed by atoms with Crippen molar-refractivity contribution < 1.29 is 49.3 Å². The van der Waals surface area contributed by atoms with Gasteiger partial charge < -0.3 is 45.1 Å². The van der Waals surface area contributed by atoms with E-state index in [0.29, 0.717) is 12.8 Å². The molecule has 0 aromatic carbocycles. The molecule has 0 saturated carbocycles. The molecule has 6 N–H and O–H groups in total. The molecule has 0 radical (unpaired) electrons. The van der Waals surface area contributed by atoms with Crippen LogP contribution in [0.3, 0.4) is 0 Å². The van der Waals surface area contributed by atoms with Gasteiger partial charge in [0.15, 0.2) is 12.4 Å². The first-order valence-electron chi connectivity index (χ1n) is 35.3. The van der Waals surface area contributed by atoms with Crippen molar-refractivity contribution in [2.24, 2.45) is 0 Å².